The van der Waals surface area contributed by atoms with Crippen LogP contribution in [0, 0.1) is 6.92 Å². The number of aromatic nitrogens is 8. The third-order valence-corrected chi connectivity index (χ3v) is 5.08. The fourth-order valence-electron chi connectivity index (χ4n) is 3.48. The largest absolute Gasteiger partial charge is 0.435 e. The molecule has 1 aromatic carbocycles. The van der Waals surface area contributed by atoms with Crippen LogP contribution in [0.1, 0.15) is 30.1 Å². The molecule has 0 aliphatic carbocycles. The van der Waals surface area contributed by atoms with Crippen LogP contribution < -0.4 is 0 Å². The Bertz CT molecular complexity index is 1380. The number of alkyl halides is 3. The molecule has 0 saturated carbocycles. The smallest absolute Gasteiger partial charge is 0.269 e. The standard InChI is InChI=1S/C20H17F3N8/c1-12(10-29-13(2)8-16(27-29)20(21,22)23)17-26-19-15-9-25-31(14-6-4-3-5-7-14)18(15)24-11-30(19)28-17/h3-9,11-12H,10H2,1-2H3. The van der Waals surface area contributed by atoms with E-state index >= 15 is 0 Å². The highest BCUT2D eigenvalue weighted by Gasteiger charge is 2.34. The number of fused-ring (bicyclic) bond motifs is 3. The van der Waals surface area contributed by atoms with E-state index in [0.29, 0.717) is 22.8 Å². The van der Waals surface area contributed by atoms with Gasteiger partial charge in [-0.25, -0.2) is 19.2 Å². The summed E-state index contributed by atoms with van der Waals surface area (Å²) >= 11 is 0. The van der Waals surface area contributed by atoms with Crippen LogP contribution in [-0.2, 0) is 12.7 Å². The summed E-state index contributed by atoms with van der Waals surface area (Å²) in [5, 5.41) is 13.3. The van der Waals surface area contributed by atoms with Crippen molar-refractivity contribution in [2.45, 2.75) is 32.5 Å². The van der Waals surface area contributed by atoms with Gasteiger partial charge in [0.25, 0.3) is 0 Å². The molecule has 0 saturated heterocycles. The van der Waals surface area contributed by atoms with Crippen molar-refractivity contribution in [3.8, 4) is 5.69 Å². The van der Waals surface area contributed by atoms with E-state index in [0.717, 1.165) is 17.1 Å². The minimum atomic E-state index is -4.48. The lowest BCUT2D eigenvalue weighted by Gasteiger charge is -2.09. The summed E-state index contributed by atoms with van der Waals surface area (Å²) in [5.74, 6) is 0.226. The molecule has 0 spiro atoms. The van der Waals surface area contributed by atoms with Crippen LogP contribution in [0.15, 0.2) is 48.9 Å². The van der Waals surface area contributed by atoms with Gasteiger partial charge in [0.2, 0.25) is 0 Å². The molecule has 4 heterocycles. The monoisotopic (exact) mass is 426 g/mol. The topological polar surface area (TPSA) is 78.7 Å². The molecule has 0 aliphatic rings. The molecule has 31 heavy (non-hydrogen) atoms. The maximum absolute atomic E-state index is 12.9. The van der Waals surface area contributed by atoms with Gasteiger partial charge in [-0.2, -0.15) is 23.4 Å². The molecule has 0 radical (unpaired) electrons. The lowest BCUT2D eigenvalue weighted by molar-refractivity contribution is -0.141. The quantitative estimate of drug-likeness (QED) is 0.437. The highest BCUT2D eigenvalue weighted by Crippen LogP contribution is 2.29. The lowest BCUT2D eigenvalue weighted by atomic mass is 10.1. The Morgan fingerprint density at radius 2 is 1.84 bits per heavy atom. The van der Waals surface area contributed by atoms with Crippen LogP contribution in [0.4, 0.5) is 13.2 Å². The van der Waals surface area contributed by atoms with E-state index in [4.69, 9.17) is 0 Å². The van der Waals surface area contributed by atoms with Gasteiger partial charge >= 0.3 is 6.18 Å². The van der Waals surface area contributed by atoms with Gasteiger partial charge in [0.15, 0.2) is 22.8 Å². The second kappa shape index (κ2) is 6.89. The zero-order valence-electron chi connectivity index (χ0n) is 16.6. The predicted octanol–water partition coefficient (Wildman–Crippen LogP) is 3.79. The van der Waals surface area contributed by atoms with Gasteiger partial charge in [-0.3, -0.25) is 4.68 Å². The third kappa shape index (κ3) is 3.31. The summed E-state index contributed by atoms with van der Waals surface area (Å²) in [5.41, 5.74) is 1.62. The van der Waals surface area contributed by atoms with Crippen molar-refractivity contribution in [3.63, 3.8) is 0 Å². The minimum Gasteiger partial charge on any atom is -0.269 e. The maximum atomic E-state index is 12.9. The van der Waals surface area contributed by atoms with Gasteiger partial charge in [-0.15, -0.1) is 5.10 Å². The second-order valence-corrected chi connectivity index (χ2v) is 7.36. The number of hydrogen-bond donors (Lipinski definition) is 0. The summed E-state index contributed by atoms with van der Waals surface area (Å²) in [6.45, 7) is 3.66. The van der Waals surface area contributed by atoms with Crippen LogP contribution in [0.2, 0.25) is 0 Å². The molecule has 0 aliphatic heterocycles. The molecule has 4 aromatic heterocycles. The van der Waals surface area contributed by atoms with Crippen molar-refractivity contribution in [1.82, 2.24) is 39.1 Å². The number of nitrogens with zero attached hydrogens (tertiary/aromatic N) is 8. The number of benzene rings is 1. The predicted molar refractivity (Wildman–Crippen MR) is 106 cm³/mol. The average molecular weight is 426 g/mol. The van der Waals surface area contributed by atoms with Gasteiger partial charge in [-0.1, -0.05) is 25.1 Å². The Morgan fingerprint density at radius 3 is 2.55 bits per heavy atom. The molecule has 158 valence electrons. The fraction of sp³-hybridized carbons (Fsp3) is 0.250. The Kier molecular flexibility index (Phi) is 4.27. The second-order valence-electron chi connectivity index (χ2n) is 7.36. The zero-order chi connectivity index (χ0) is 21.8. The molecule has 5 aromatic rings. The van der Waals surface area contributed by atoms with Gasteiger partial charge in [0.05, 0.1) is 23.8 Å². The summed E-state index contributed by atoms with van der Waals surface area (Å²) < 4.78 is 43.4. The molecule has 0 fully saturated rings. The van der Waals surface area contributed by atoms with E-state index < -0.39 is 11.9 Å². The van der Waals surface area contributed by atoms with Crippen molar-refractivity contribution in [3.05, 3.63) is 66.1 Å². The first-order valence-corrected chi connectivity index (χ1v) is 9.57. The van der Waals surface area contributed by atoms with Gasteiger partial charge in [-0.05, 0) is 25.1 Å². The number of para-hydroxylation sites is 1. The molecule has 5 rings (SSSR count). The molecule has 1 unspecified atom stereocenters. The minimum absolute atomic E-state index is 0.221. The van der Waals surface area contributed by atoms with E-state index in [1.54, 1.807) is 28.6 Å². The van der Waals surface area contributed by atoms with Crippen molar-refractivity contribution in [2.75, 3.05) is 0 Å². The molecule has 0 amide bonds. The summed E-state index contributed by atoms with van der Waals surface area (Å²) in [6, 6.07) is 10.6. The highest BCUT2D eigenvalue weighted by molar-refractivity contribution is 5.89. The van der Waals surface area contributed by atoms with E-state index in [-0.39, 0.29) is 12.5 Å². The van der Waals surface area contributed by atoms with Crippen molar-refractivity contribution < 1.29 is 13.2 Å². The van der Waals surface area contributed by atoms with Crippen LogP contribution in [0.3, 0.4) is 0 Å². The first-order chi connectivity index (χ1) is 14.8. The van der Waals surface area contributed by atoms with Crippen LogP contribution in [0.25, 0.3) is 22.4 Å². The van der Waals surface area contributed by atoms with E-state index in [1.165, 1.54) is 4.68 Å². The number of rotatable bonds is 4. The van der Waals surface area contributed by atoms with Crippen LogP contribution >= 0.6 is 0 Å². The van der Waals surface area contributed by atoms with Crippen LogP contribution in [0.5, 0.6) is 0 Å². The summed E-state index contributed by atoms with van der Waals surface area (Å²) in [4.78, 5) is 9.09. The van der Waals surface area contributed by atoms with Crippen molar-refractivity contribution >= 4 is 16.7 Å². The first kappa shape index (κ1) is 19.2. The van der Waals surface area contributed by atoms with Gasteiger partial charge in [0.1, 0.15) is 6.33 Å². The Labute approximate surface area is 174 Å². The van der Waals surface area contributed by atoms with Crippen molar-refractivity contribution in [1.29, 1.82) is 0 Å². The summed E-state index contributed by atoms with van der Waals surface area (Å²) in [6.07, 6.45) is -1.24. The molecule has 0 N–H and O–H groups in total. The SMILES string of the molecule is Cc1cc(C(F)(F)F)nn1CC(C)c1nc2c3cnn(-c4ccccc4)c3ncn2n1. The molecular formula is C20H17F3N8. The Balaban J connectivity index is 1.49. The third-order valence-electron chi connectivity index (χ3n) is 5.08. The lowest BCUT2D eigenvalue weighted by Crippen LogP contribution is -2.12. The number of hydrogen-bond acceptors (Lipinski definition) is 5. The normalized spacial score (nSPS) is 13.3. The number of aryl methyl sites for hydroxylation is 1. The molecule has 8 nitrogen and oxygen atoms in total. The van der Waals surface area contributed by atoms with E-state index in [1.807, 2.05) is 37.3 Å². The number of halogens is 3. The Morgan fingerprint density at radius 1 is 1.06 bits per heavy atom. The Hall–Kier alpha value is -3.76. The zero-order valence-corrected chi connectivity index (χ0v) is 16.6. The van der Waals surface area contributed by atoms with Crippen molar-refractivity contribution in [2.24, 2.45) is 0 Å². The average Bonchev–Trinajstić information content (AvgIpc) is 3.44. The van der Waals surface area contributed by atoms with E-state index in [2.05, 4.69) is 25.3 Å². The molecule has 1 atom stereocenters. The maximum Gasteiger partial charge on any atom is 0.435 e. The van der Waals surface area contributed by atoms with Crippen LogP contribution in [-0.4, -0.2) is 39.1 Å². The molecule has 0 bridgehead atoms. The first-order valence-electron chi connectivity index (χ1n) is 9.57. The van der Waals surface area contributed by atoms with E-state index in [9.17, 15) is 13.2 Å². The summed E-state index contributed by atoms with van der Waals surface area (Å²) in [7, 11) is 0. The van der Waals surface area contributed by atoms with Gasteiger partial charge in [0, 0.05) is 11.6 Å². The highest BCUT2D eigenvalue weighted by atomic mass is 19.4. The van der Waals surface area contributed by atoms with Gasteiger partial charge < -0.3 is 0 Å². The fourth-order valence-corrected chi connectivity index (χ4v) is 3.48. The molecule has 11 heteroatoms. The molecular weight excluding hydrogens is 409 g/mol.